The first kappa shape index (κ1) is 14.5. The van der Waals surface area contributed by atoms with E-state index in [2.05, 4.69) is 0 Å². The highest BCUT2D eigenvalue weighted by atomic mass is 35.5. The summed E-state index contributed by atoms with van der Waals surface area (Å²) in [7, 11) is 3.54. The number of benzene rings is 1. The lowest BCUT2D eigenvalue weighted by molar-refractivity contribution is 0.0419. The van der Waals surface area contributed by atoms with E-state index in [4.69, 9.17) is 16.3 Å². The van der Waals surface area contributed by atoms with E-state index < -0.39 is 6.10 Å². The SMILES string of the molecule is COCC(O)CN(C)Cc1ccc(C)cc1Cl. The number of aliphatic hydroxyl groups excluding tert-OH is 1. The van der Waals surface area contributed by atoms with Crippen molar-refractivity contribution in [1.82, 2.24) is 4.90 Å². The third kappa shape index (κ3) is 5.04. The van der Waals surface area contributed by atoms with Crippen LogP contribution in [0.1, 0.15) is 11.1 Å². The first-order chi connectivity index (χ1) is 8.02. The van der Waals surface area contributed by atoms with Crippen LogP contribution in [0.5, 0.6) is 0 Å². The highest BCUT2D eigenvalue weighted by Crippen LogP contribution is 2.18. The summed E-state index contributed by atoms with van der Waals surface area (Å²) >= 11 is 6.16. The van der Waals surface area contributed by atoms with Gasteiger partial charge in [-0.15, -0.1) is 0 Å². The smallest absolute Gasteiger partial charge is 0.0900 e. The molecule has 0 fully saturated rings. The molecule has 1 aromatic carbocycles. The lowest BCUT2D eigenvalue weighted by Crippen LogP contribution is -2.31. The number of ether oxygens (including phenoxy) is 1. The molecule has 0 bridgehead atoms. The molecule has 1 aromatic rings. The molecule has 0 aliphatic carbocycles. The fraction of sp³-hybridized carbons (Fsp3) is 0.538. The summed E-state index contributed by atoms with van der Waals surface area (Å²) in [6, 6.07) is 6.02. The van der Waals surface area contributed by atoms with Crippen LogP contribution in [0.25, 0.3) is 0 Å². The molecule has 0 heterocycles. The minimum Gasteiger partial charge on any atom is -0.389 e. The van der Waals surface area contributed by atoms with Crippen molar-refractivity contribution in [1.29, 1.82) is 0 Å². The molecule has 0 radical (unpaired) electrons. The first-order valence-corrected chi connectivity index (χ1v) is 6.01. The number of aliphatic hydroxyl groups is 1. The summed E-state index contributed by atoms with van der Waals surface area (Å²) in [6.45, 7) is 3.66. The molecule has 0 saturated heterocycles. The Morgan fingerprint density at radius 2 is 2.18 bits per heavy atom. The Kier molecular flexibility index (Phi) is 5.92. The summed E-state index contributed by atoms with van der Waals surface area (Å²) in [5, 5.41) is 10.4. The van der Waals surface area contributed by atoms with Gasteiger partial charge in [0.25, 0.3) is 0 Å². The maximum Gasteiger partial charge on any atom is 0.0900 e. The Hall–Kier alpha value is -0.610. The fourth-order valence-electron chi connectivity index (χ4n) is 1.74. The monoisotopic (exact) mass is 257 g/mol. The Bertz CT molecular complexity index is 357. The Morgan fingerprint density at radius 1 is 1.47 bits per heavy atom. The Balaban J connectivity index is 2.52. The van der Waals surface area contributed by atoms with E-state index in [1.54, 1.807) is 7.11 Å². The van der Waals surface area contributed by atoms with Crippen LogP contribution in [0.2, 0.25) is 5.02 Å². The number of rotatable bonds is 6. The normalized spacial score (nSPS) is 13.1. The molecule has 0 aromatic heterocycles. The van der Waals surface area contributed by atoms with Gasteiger partial charge in [-0.2, -0.15) is 0 Å². The van der Waals surface area contributed by atoms with Gasteiger partial charge in [-0.25, -0.2) is 0 Å². The minimum atomic E-state index is -0.464. The zero-order valence-electron chi connectivity index (χ0n) is 10.6. The lowest BCUT2D eigenvalue weighted by Gasteiger charge is -2.20. The van der Waals surface area contributed by atoms with Crippen molar-refractivity contribution in [2.75, 3.05) is 27.3 Å². The number of methoxy groups -OCH3 is 1. The number of nitrogens with zero attached hydrogens (tertiary/aromatic N) is 1. The molecule has 0 aliphatic rings. The summed E-state index contributed by atoms with van der Waals surface area (Å²) in [4.78, 5) is 2.03. The maximum atomic E-state index is 9.61. The number of aryl methyl sites for hydroxylation is 1. The molecule has 0 spiro atoms. The van der Waals surface area contributed by atoms with Crippen molar-refractivity contribution in [2.45, 2.75) is 19.6 Å². The van der Waals surface area contributed by atoms with Crippen LogP contribution in [0.4, 0.5) is 0 Å². The summed E-state index contributed by atoms with van der Waals surface area (Å²) in [5.41, 5.74) is 2.23. The van der Waals surface area contributed by atoms with E-state index in [1.165, 1.54) is 0 Å². The van der Waals surface area contributed by atoms with E-state index in [9.17, 15) is 5.11 Å². The van der Waals surface area contributed by atoms with Gasteiger partial charge in [0.15, 0.2) is 0 Å². The average Bonchev–Trinajstić information content (AvgIpc) is 2.22. The van der Waals surface area contributed by atoms with Gasteiger partial charge < -0.3 is 9.84 Å². The highest BCUT2D eigenvalue weighted by molar-refractivity contribution is 6.31. The van der Waals surface area contributed by atoms with E-state index >= 15 is 0 Å². The number of likely N-dealkylation sites (N-methyl/N-ethyl adjacent to an activating group) is 1. The van der Waals surface area contributed by atoms with E-state index in [0.717, 1.165) is 22.7 Å². The largest absolute Gasteiger partial charge is 0.389 e. The molecule has 0 aliphatic heterocycles. The molecule has 0 saturated carbocycles. The predicted molar refractivity (Wildman–Crippen MR) is 70.4 cm³/mol. The van der Waals surface area contributed by atoms with Crippen LogP contribution >= 0.6 is 11.6 Å². The van der Waals surface area contributed by atoms with Crippen LogP contribution in [0.3, 0.4) is 0 Å². The van der Waals surface area contributed by atoms with Crippen LogP contribution < -0.4 is 0 Å². The van der Waals surface area contributed by atoms with Gasteiger partial charge in [0, 0.05) is 25.2 Å². The highest BCUT2D eigenvalue weighted by Gasteiger charge is 2.09. The molecule has 17 heavy (non-hydrogen) atoms. The van der Waals surface area contributed by atoms with E-state index in [0.29, 0.717) is 13.2 Å². The van der Waals surface area contributed by atoms with Crippen LogP contribution in [-0.2, 0) is 11.3 Å². The summed E-state index contributed by atoms with van der Waals surface area (Å²) < 4.78 is 4.89. The lowest BCUT2D eigenvalue weighted by atomic mass is 10.1. The second kappa shape index (κ2) is 6.97. The van der Waals surface area contributed by atoms with Crippen molar-refractivity contribution in [3.63, 3.8) is 0 Å². The molecule has 4 heteroatoms. The van der Waals surface area contributed by atoms with Gasteiger partial charge in [-0.1, -0.05) is 23.7 Å². The fourth-order valence-corrected chi connectivity index (χ4v) is 2.04. The summed E-state index contributed by atoms with van der Waals surface area (Å²) in [6.07, 6.45) is -0.464. The van der Waals surface area contributed by atoms with Gasteiger partial charge in [0.05, 0.1) is 12.7 Å². The molecule has 1 rings (SSSR count). The van der Waals surface area contributed by atoms with Gasteiger partial charge in [0.2, 0.25) is 0 Å². The molecular weight excluding hydrogens is 238 g/mol. The quantitative estimate of drug-likeness (QED) is 0.847. The number of hydrogen-bond donors (Lipinski definition) is 1. The molecule has 1 N–H and O–H groups in total. The standard InChI is InChI=1S/C13H20ClNO2/c1-10-4-5-11(13(14)6-10)7-15(2)8-12(16)9-17-3/h4-6,12,16H,7-9H2,1-3H3. The molecule has 1 unspecified atom stereocenters. The van der Waals surface area contributed by atoms with Crippen LogP contribution in [-0.4, -0.2) is 43.4 Å². The van der Waals surface area contributed by atoms with Crippen molar-refractivity contribution in [3.8, 4) is 0 Å². The van der Waals surface area contributed by atoms with Crippen molar-refractivity contribution in [2.24, 2.45) is 0 Å². The van der Waals surface area contributed by atoms with E-state index in [-0.39, 0.29) is 0 Å². The molecule has 96 valence electrons. The van der Waals surface area contributed by atoms with Crippen LogP contribution in [0, 0.1) is 6.92 Å². The van der Waals surface area contributed by atoms with Gasteiger partial charge in [-0.05, 0) is 31.2 Å². The van der Waals surface area contributed by atoms with Crippen molar-refractivity contribution >= 4 is 11.6 Å². The second-order valence-corrected chi connectivity index (χ2v) is 4.81. The molecule has 1 atom stereocenters. The predicted octanol–water partition coefficient (Wildman–Crippen LogP) is 2.09. The maximum absolute atomic E-state index is 9.61. The molecule has 0 amide bonds. The molecular formula is C13H20ClNO2. The Labute approximate surface area is 108 Å². The molecule has 3 nitrogen and oxygen atoms in total. The van der Waals surface area contributed by atoms with Crippen molar-refractivity contribution < 1.29 is 9.84 Å². The van der Waals surface area contributed by atoms with Gasteiger partial charge in [-0.3, -0.25) is 4.90 Å². The number of halogens is 1. The zero-order valence-corrected chi connectivity index (χ0v) is 11.4. The van der Waals surface area contributed by atoms with Gasteiger partial charge >= 0.3 is 0 Å². The zero-order chi connectivity index (χ0) is 12.8. The Morgan fingerprint density at radius 3 is 2.76 bits per heavy atom. The van der Waals surface area contributed by atoms with Crippen molar-refractivity contribution in [3.05, 3.63) is 34.3 Å². The van der Waals surface area contributed by atoms with Crippen LogP contribution in [0.15, 0.2) is 18.2 Å². The average molecular weight is 258 g/mol. The topological polar surface area (TPSA) is 32.7 Å². The van der Waals surface area contributed by atoms with E-state index in [1.807, 2.05) is 37.1 Å². The third-order valence-corrected chi connectivity index (χ3v) is 2.88. The summed E-state index contributed by atoms with van der Waals surface area (Å²) in [5.74, 6) is 0. The number of hydrogen-bond acceptors (Lipinski definition) is 3. The minimum absolute atomic E-state index is 0.353. The first-order valence-electron chi connectivity index (χ1n) is 5.63. The van der Waals surface area contributed by atoms with Gasteiger partial charge in [0.1, 0.15) is 0 Å². The third-order valence-electron chi connectivity index (χ3n) is 2.53. The second-order valence-electron chi connectivity index (χ2n) is 4.40.